The Hall–Kier alpha value is -0.580. The maximum atomic E-state index is 5.84. The maximum absolute atomic E-state index is 5.84. The van der Waals surface area contributed by atoms with Crippen LogP contribution in [0.15, 0.2) is 35.1 Å². The van der Waals surface area contributed by atoms with Gasteiger partial charge in [-0.3, -0.25) is 4.98 Å². The summed E-state index contributed by atoms with van der Waals surface area (Å²) in [4.78, 5) is 5.21. The topological polar surface area (TPSA) is 24.9 Å². The zero-order chi connectivity index (χ0) is 10.7. The summed E-state index contributed by atoms with van der Waals surface area (Å²) in [7, 11) is 0. The molecule has 0 atom stereocenters. The Morgan fingerprint density at radius 2 is 2.27 bits per heavy atom. The molecule has 0 unspecified atom stereocenters. The summed E-state index contributed by atoms with van der Waals surface area (Å²) in [6.07, 6.45) is 3.53. The highest BCUT2D eigenvalue weighted by Gasteiger charge is 2.00. The molecule has 0 saturated carbocycles. The third-order valence-electron chi connectivity index (χ3n) is 1.85. The van der Waals surface area contributed by atoms with Gasteiger partial charge in [0.2, 0.25) is 0 Å². The molecule has 2 heterocycles. The first-order valence-corrected chi connectivity index (χ1v) is 6.32. The number of halogens is 2. The molecule has 1 N–H and O–H groups in total. The van der Waals surface area contributed by atoms with Crippen molar-refractivity contribution in [2.45, 2.75) is 6.54 Å². The zero-order valence-corrected chi connectivity index (χ0v) is 10.9. The average Bonchev–Trinajstić information content (AvgIpc) is 2.63. The zero-order valence-electron chi connectivity index (χ0n) is 7.71. The van der Waals surface area contributed by atoms with E-state index in [-0.39, 0.29) is 0 Å². The van der Waals surface area contributed by atoms with E-state index in [0.29, 0.717) is 0 Å². The molecule has 15 heavy (non-hydrogen) atoms. The number of thiophene rings is 1. The van der Waals surface area contributed by atoms with Crippen molar-refractivity contribution in [3.63, 3.8) is 0 Å². The largest absolute Gasteiger partial charge is 0.379 e. The van der Waals surface area contributed by atoms with Crippen molar-refractivity contribution in [2.75, 3.05) is 5.32 Å². The molecule has 0 aromatic carbocycles. The molecule has 0 amide bonds. The van der Waals surface area contributed by atoms with Crippen LogP contribution in [0.1, 0.15) is 4.88 Å². The Bertz CT molecular complexity index is 458. The van der Waals surface area contributed by atoms with Crippen LogP contribution >= 0.6 is 38.9 Å². The number of pyridine rings is 1. The normalized spacial score (nSPS) is 10.3. The molecule has 0 spiro atoms. The van der Waals surface area contributed by atoms with Crippen molar-refractivity contribution in [1.82, 2.24) is 4.98 Å². The lowest BCUT2D eigenvalue weighted by Gasteiger charge is -2.05. The van der Waals surface area contributed by atoms with Crippen LogP contribution in [-0.4, -0.2) is 4.98 Å². The van der Waals surface area contributed by atoms with Crippen molar-refractivity contribution >= 4 is 44.6 Å². The summed E-state index contributed by atoms with van der Waals surface area (Å²) in [5, 5.41) is 3.31. The SMILES string of the molecule is Clc1ccc(CNc2ccncc2Br)s1. The Labute approximate surface area is 105 Å². The van der Waals surface area contributed by atoms with E-state index in [1.807, 2.05) is 18.2 Å². The fraction of sp³-hybridized carbons (Fsp3) is 0.100. The molecule has 2 nitrogen and oxygen atoms in total. The Balaban J connectivity index is 2.02. The van der Waals surface area contributed by atoms with E-state index in [0.717, 1.165) is 21.0 Å². The van der Waals surface area contributed by atoms with Crippen LogP contribution in [0.5, 0.6) is 0 Å². The highest BCUT2D eigenvalue weighted by molar-refractivity contribution is 9.10. The summed E-state index contributed by atoms with van der Waals surface area (Å²) in [6, 6.07) is 5.86. The van der Waals surface area contributed by atoms with E-state index in [1.165, 1.54) is 4.88 Å². The summed E-state index contributed by atoms with van der Waals surface area (Å²) >= 11 is 10.9. The van der Waals surface area contributed by atoms with Gasteiger partial charge in [0.1, 0.15) is 0 Å². The minimum Gasteiger partial charge on any atom is -0.379 e. The van der Waals surface area contributed by atoms with Gasteiger partial charge in [-0.1, -0.05) is 11.6 Å². The minimum absolute atomic E-state index is 0.778. The maximum Gasteiger partial charge on any atom is 0.0931 e. The van der Waals surface area contributed by atoms with Crippen LogP contribution in [0.25, 0.3) is 0 Å². The van der Waals surface area contributed by atoms with Gasteiger partial charge in [0.25, 0.3) is 0 Å². The number of hydrogen-bond acceptors (Lipinski definition) is 3. The van der Waals surface area contributed by atoms with Crippen LogP contribution in [0.2, 0.25) is 4.34 Å². The predicted molar refractivity (Wildman–Crippen MR) is 68.6 cm³/mol. The summed E-state index contributed by atoms with van der Waals surface area (Å²) < 4.78 is 1.79. The van der Waals surface area contributed by atoms with Gasteiger partial charge in [-0.2, -0.15) is 0 Å². The first-order chi connectivity index (χ1) is 7.25. The van der Waals surface area contributed by atoms with Gasteiger partial charge in [-0.25, -0.2) is 0 Å². The molecule has 2 rings (SSSR count). The Kier molecular flexibility index (Phi) is 3.61. The molecule has 0 aliphatic heterocycles. The van der Waals surface area contributed by atoms with Crippen molar-refractivity contribution in [2.24, 2.45) is 0 Å². The molecule has 0 fully saturated rings. The molecule has 2 aromatic heterocycles. The van der Waals surface area contributed by atoms with Gasteiger partial charge in [0, 0.05) is 23.8 Å². The Morgan fingerprint density at radius 1 is 1.40 bits per heavy atom. The fourth-order valence-corrected chi connectivity index (χ4v) is 2.57. The van der Waals surface area contributed by atoms with Crippen LogP contribution < -0.4 is 5.32 Å². The lowest BCUT2D eigenvalue weighted by molar-refractivity contribution is 1.17. The average molecular weight is 304 g/mol. The van der Waals surface area contributed by atoms with Crippen LogP contribution in [0, 0.1) is 0 Å². The number of hydrogen-bond donors (Lipinski definition) is 1. The van der Waals surface area contributed by atoms with Crippen LogP contribution in [-0.2, 0) is 6.54 Å². The van der Waals surface area contributed by atoms with E-state index in [2.05, 4.69) is 26.2 Å². The van der Waals surface area contributed by atoms with E-state index in [9.17, 15) is 0 Å². The van der Waals surface area contributed by atoms with Crippen molar-refractivity contribution in [1.29, 1.82) is 0 Å². The van der Waals surface area contributed by atoms with Crippen molar-refractivity contribution in [3.05, 3.63) is 44.3 Å². The minimum atomic E-state index is 0.778. The van der Waals surface area contributed by atoms with Crippen LogP contribution in [0.3, 0.4) is 0 Å². The molecular formula is C10H8BrClN2S. The van der Waals surface area contributed by atoms with Gasteiger partial charge < -0.3 is 5.32 Å². The number of nitrogens with zero attached hydrogens (tertiary/aromatic N) is 1. The monoisotopic (exact) mass is 302 g/mol. The van der Waals surface area contributed by atoms with E-state index >= 15 is 0 Å². The number of nitrogens with one attached hydrogen (secondary N) is 1. The molecular weight excluding hydrogens is 296 g/mol. The second-order valence-electron chi connectivity index (χ2n) is 2.91. The van der Waals surface area contributed by atoms with Gasteiger partial charge in [-0.05, 0) is 34.1 Å². The molecule has 0 saturated heterocycles. The number of rotatable bonds is 3. The third-order valence-corrected chi connectivity index (χ3v) is 3.72. The molecule has 2 aromatic rings. The standard InChI is InChI=1S/C10H8BrClN2S/c11-8-6-13-4-3-9(8)14-5-7-1-2-10(12)15-7/h1-4,6H,5H2,(H,13,14). The summed E-state index contributed by atoms with van der Waals surface area (Å²) in [5.41, 5.74) is 1.04. The second kappa shape index (κ2) is 4.96. The summed E-state index contributed by atoms with van der Waals surface area (Å²) in [6.45, 7) is 0.778. The van der Waals surface area contributed by atoms with Crippen molar-refractivity contribution in [3.8, 4) is 0 Å². The smallest absolute Gasteiger partial charge is 0.0931 e. The molecule has 78 valence electrons. The van der Waals surface area contributed by atoms with Gasteiger partial charge in [0.05, 0.1) is 14.5 Å². The fourth-order valence-electron chi connectivity index (χ4n) is 1.15. The van der Waals surface area contributed by atoms with E-state index in [4.69, 9.17) is 11.6 Å². The quantitative estimate of drug-likeness (QED) is 0.920. The first-order valence-electron chi connectivity index (χ1n) is 4.33. The Morgan fingerprint density at radius 3 is 2.93 bits per heavy atom. The van der Waals surface area contributed by atoms with E-state index < -0.39 is 0 Å². The lowest BCUT2D eigenvalue weighted by atomic mass is 10.4. The molecule has 0 radical (unpaired) electrons. The van der Waals surface area contributed by atoms with E-state index in [1.54, 1.807) is 23.7 Å². The van der Waals surface area contributed by atoms with Gasteiger partial charge in [0.15, 0.2) is 0 Å². The number of anilines is 1. The van der Waals surface area contributed by atoms with Crippen molar-refractivity contribution < 1.29 is 0 Å². The number of aromatic nitrogens is 1. The third kappa shape index (κ3) is 2.93. The predicted octanol–water partition coefficient (Wildman–Crippen LogP) is 4.17. The van der Waals surface area contributed by atoms with Crippen LogP contribution in [0.4, 0.5) is 5.69 Å². The lowest BCUT2D eigenvalue weighted by Crippen LogP contribution is -1.97. The first kappa shape index (κ1) is 10.9. The highest BCUT2D eigenvalue weighted by Crippen LogP contribution is 2.24. The molecule has 0 aliphatic rings. The van der Waals surface area contributed by atoms with Gasteiger partial charge in [-0.15, -0.1) is 11.3 Å². The molecule has 0 aliphatic carbocycles. The summed E-state index contributed by atoms with van der Waals surface area (Å²) in [5.74, 6) is 0. The van der Waals surface area contributed by atoms with Gasteiger partial charge >= 0.3 is 0 Å². The molecule has 5 heteroatoms. The highest BCUT2D eigenvalue weighted by atomic mass is 79.9. The second-order valence-corrected chi connectivity index (χ2v) is 5.57. The molecule has 0 bridgehead atoms.